The highest BCUT2D eigenvalue weighted by atomic mass is 17.3. The molecule has 2 bridgehead atoms. The Morgan fingerprint density at radius 2 is 1.81 bits per heavy atom. The number of carbonyl (C=O) groups is 1. The van der Waals surface area contributed by atoms with Crippen molar-refractivity contribution in [1.82, 2.24) is 0 Å². The maximum absolute atomic E-state index is 12.2. The zero-order valence-electron chi connectivity index (χ0n) is 17.2. The van der Waals surface area contributed by atoms with Gasteiger partial charge in [0.25, 0.3) is 0 Å². The van der Waals surface area contributed by atoms with Gasteiger partial charge in [-0.3, -0.25) is 0 Å². The minimum atomic E-state index is -0.839. The van der Waals surface area contributed by atoms with E-state index in [-0.39, 0.29) is 17.8 Å². The summed E-state index contributed by atoms with van der Waals surface area (Å²) in [6.07, 6.45) is 1.70. The summed E-state index contributed by atoms with van der Waals surface area (Å²) in [6.45, 7) is 11.6. The molecule has 7 heteroatoms. The second-order valence-corrected chi connectivity index (χ2v) is 9.86. The molecule has 0 aromatic heterocycles. The Morgan fingerprint density at radius 1 is 1.07 bits per heavy atom. The Bertz CT molecular complexity index is 602. The molecule has 1 spiro atoms. The van der Waals surface area contributed by atoms with E-state index in [0.717, 1.165) is 25.7 Å². The van der Waals surface area contributed by atoms with E-state index in [1.807, 2.05) is 13.8 Å². The second-order valence-electron chi connectivity index (χ2n) is 9.86. The first-order chi connectivity index (χ1) is 12.5. The molecule has 4 saturated heterocycles. The third kappa shape index (κ3) is 3.16. The van der Waals surface area contributed by atoms with E-state index in [4.69, 9.17) is 28.7 Å². The summed E-state index contributed by atoms with van der Waals surface area (Å²) in [5.41, 5.74) is -1.27. The van der Waals surface area contributed by atoms with Crippen molar-refractivity contribution in [2.24, 2.45) is 23.7 Å². The van der Waals surface area contributed by atoms with Crippen LogP contribution in [0.1, 0.15) is 67.2 Å². The molecule has 8 atom stereocenters. The molecule has 4 aliphatic heterocycles. The molecule has 7 nitrogen and oxygen atoms in total. The smallest absolute Gasteiger partial charge is 0.429 e. The van der Waals surface area contributed by atoms with Crippen LogP contribution >= 0.6 is 0 Å². The molecule has 4 unspecified atom stereocenters. The Labute approximate surface area is 160 Å². The van der Waals surface area contributed by atoms with Crippen molar-refractivity contribution in [1.29, 1.82) is 0 Å². The summed E-state index contributed by atoms with van der Waals surface area (Å²) in [5, 5.41) is 0. The Balaban J connectivity index is 1.61. The number of rotatable bonds is 1. The molecular weight excluding hydrogens is 352 g/mol. The maximum atomic E-state index is 12.2. The highest BCUT2D eigenvalue weighted by Crippen LogP contribution is 2.60. The van der Waals surface area contributed by atoms with Gasteiger partial charge in [-0.25, -0.2) is 14.6 Å². The summed E-state index contributed by atoms with van der Waals surface area (Å²) in [7, 11) is 0. The van der Waals surface area contributed by atoms with E-state index in [2.05, 4.69) is 6.92 Å². The standard InChI is InChI=1S/C20H32O7/c1-11-7-8-14-12(2)15(23-17(21)25-18(3,4)5)22-16-20(14)13(11)9-10-19(6,24-16)26-27-20/h11-16H,7-10H2,1-6H3/t11-,12-,13?,14?,15?,16-,19+,20?/m1/s1. The fourth-order valence-corrected chi connectivity index (χ4v) is 5.38. The molecule has 27 heavy (non-hydrogen) atoms. The van der Waals surface area contributed by atoms with Gasteiger partial charge in [0.05, 0.1) is 0 Å². The molecule has 0 aromatic rings. The highest BCUT2D eigenvalue weighted by molar-refractivity contribution is 5.60. The van der Waals surface area contributed by atoms with Crippen LogP contribution in [-0.2, 0) is 28.7 Å². The van der Waals surface area contributed by atoms with Gasteiger partial charge in [0.15, 0.2) is 11.9 Å². The summed E-state index contributed by atoms with van der Waals surface area (Å²) >= 11 is 0. The predicted molar refractivity (Wildman–Crippen MR) is 94.1 cm³/mol. The predicted octanol–water partition coefficient (Wildman–Crippen LogP) is 4.15. The van der Waals surface area contributed by atoms with Crippen molar-refractivity contribution in [2.45, 2.75) is 96.8 Å². The summed E-state index contributed by atoms with van der Waals surface area (Å²) < 4.78 is 23.3. The SMILES string of the molecule is C[C@H]1C(OC(=O)OC(C)(C)C)O[C@@H]2O[C@]3(C)CCC4[C@H](C)CCC1C42OO3. The van der Waals surface area contributed by atoms with Gasteiger partial charge in [-0.1, -0.05) is 13.8 Å². The van der Waals surface area contributed by atoms with Gasteiger partial charge in [-0.15, -0.1) is 0 Å². The van der Waals surface area contributed by atoms with E-state index in [0.29, 0.717) is 5.92 Å². The largest absolute Gasteiger partial charge is 0.511 e. The Morgan fingerprint density at radius 3 is 2.52 bits per heavy atom. The Hall–Kier alpha value is -0.890. The van der Waals surface area contributed by atoms with Gasteiger partial charge >= 0.3 is 6.16 Å². The third-order valence-electron chi connectivity index (χ3n) is 6.70. The minimum absolute atomic E-state index is 0.0570. The van der Waals surface area contributed by atoms with Crippen LogP contribution in [0.3, 0.4) is 0 Å². The average molecular weight is 384 g/mol. The molecule has 5 fully saturated rings. The minimum Gasteiger partial charge on any atom is -0.429 e. The molecule has 0 N–H and O–H groups in total. The molecule has 0 amide bonds. The van der Waals surface area contributed by atoms with Crippen molar-refractivity contribution in [3.05, 3.63) is 0 Å². The van der Waals surface area contributed by atoms with E-state index >= 15 is 0 Å². The fraction of sp³-hybridized carbons (Fsp3) is 0.950. The van der Waals surface area contributed by atoms with Crippen molar-refractivity contribution in [3.8, 4) is 0 Å². The van der Waals surface area contributed by atoms with Crippen LogP contribution in [0.2, 0.25) is 0 Å². The molecule has 5 aliphatic rings. The second kappa shape index (κ2) is 6.31. The van der Waals surface area contributed by atoms with Gasteiger partial charge in [0, 0.05) is 18.3 Å². The number of ether oxygens (including phenoxy) is 4. The van der Waals surface area contributed by atoms with Crippen LogP contribution in [-0.4, -0.2) is 35.7 Å². The number of fused-ring (bicyclic) bond motifs is 2. The molecule has 1 saturated carbocycles. The van der Waals surface area contributed by atoms with Crippen molar-refractivity contribution >= 4 is 6.16 Å². The molecule has 0 aromatic carbocycles. The maximum Gasteiger partial charge on any atom is 0.511 e. The van der Waals surface area contributed by atoms with Crippen LogP contribution in [0.4, 0.5) is 4.79 Å². The monoisotopic (exact) mass is 384 g/mol. The summed E-state index contributed by atoms with van der Waals surface area (Å²) in [4.78, 5) is 24.1. The lowest BCUT2D eigenvalue weighted by atomic mass is 9.58. The molecule has 4 heterocycles. The quantitative estimate of drug-likeness (QED) is 0.497. The lowest BCUT2D eigenvalue weighted by molar-refractivity contribution is -0.576. The fourth-order valence-electron chi connectivity index (χ4n) is 5.38. The normalized spacial score (nSPS) is 49.1. The van der Waals surface area contributed by atoms with Gasteiger partial charge in [-0.2, -0.15) is 0 Å². The van der Waals surface area contributed by atoms with Crippen LogP contribution in [0, 0.1) is 23.7 Å². The van der Waals surface area contributed by atoms with Crippen LogP contribution in [0.25, 0.3) is 0 Å². The first-order valence-corrected chi connectivity index (χ1v) is 10.1. The van der Waals surface area contributed by atoms with E-state index in [9.17, 15) is 4.79 Å². The highest BCUT2D eigenvalue weighted by Gasteiger charge is 2.69. The molecule has 1 aliphatic carbocycles. The first kappa shape index (κ1) is 19.4. The topological polar surface area (TPSA) is 72.5 Å². The van der Waals surface area contributed by atoms with Crippen molar-refractivity contribution in [3.63, 3.8) is 0 Å². The molecular formula is C20H32O7. The summed E-state index contributed by atoms with van der Waals surface area (Å²) in [6, 6.07) is 0. The number of hydrogen-bond donors (Lipinski definition) is 0. The zero-order valence-corrected chi connectivity index (χ0v) is 17.2. The van der Waals surface area contributed by atoms with E-state index in [1.165, 1.54) is 0 Å². The Kier molecular flexibility index (Phi) is 4.54. The molecule has 154 valence electrons. The van der Waals surface area contributed by atoms with Crippen LogP contribution in [0.15, 0.2) is 0 Å². The van der Waals surface area contributed by atoms with Gasteiger partial charge < -0.3 is 18.9 Å². The zero-order chi connectivity index (χ0) is 19.6. The number of hydrogen-bond acceptors (Lipinski definition) is 7. The lowest BCUT2D eigenvalue weighted by Gasteiger charge is -2.59. The van der Waals surface area contributed by atoms with Crippen LogP contribution in [0.5, 0.6) is 0 Å². The summed E-state index contributed by atoms with van der Waals surface area (Å²) in [5.74, 6) is 0.00572. The van der Waals surface area contributed by atoms with Gasteiger partial charge in [-0.05, 0) is 58.8 Å². The molecule has 0 radical (unpaired) electrons. The molecule has 5 rings (SSSR count). The van der Waals surface area contributed by atoms with Gasteiger partial charge in [0.1, 0.15) is 5.60 Å². The van der Waals surface area contributed by atoms with Crippen LogP contribution < -0.4 is 0 Å². The van der Waals surface area contributed by atoms with E-state index < -0.39 is 35.7 Å². The van der Waals surface area contributed by atoms with Crippen molar-refractivity contribution < 1.29 is 33.5 Å². The lowest BCUT2D eigenvalue weighted by Crippen LogP contribution is -2.70. The average Bonchev–Trinajstić information content (AvgIpc) is 2.77. The van der Waals surface area contributed by atoms with Gasteiger partial charge in [0.2, 0.25) is 12.1 Å². The van der Waals surface area contributed by atoms with E-state index in [1.54, 1.807) is 20.8 Å². The third-order valence-corrected chi connectivity index (χ3v) is 6.70. The first-order valence-electron chi connectivity index (χ1n) is 10.1. The van der Waals surface area contributed by atoms with Crippen molar-refractivity contribution in [2.75, 3.05) is 0 Å². The number of carbonyl (C=O) groups excluding carboxylic acids is 1.